The topological polar surface area (TPSA) is 59.7 Å². The van der Waals surface area contributed by atoms with Gasteiger partial charge in [0.1, 0.15) is 0 Å². The molecule has 4 aromatic rings. The van der Waals surface area contributed by atoms with Crippen LogP contribution in [-0.4, -0.2) is 24.7 Å². The van der Waals surface area contributed by atoms with Gasteiger partial charge in [-0.25, -0.2) is 0 Å². The molecule has 0 aliphatic heterocycles. The monoisotopic (exact) mass is 436 g/mol. The number of benzene rings is 2. The van der Waals surface area contributed by atoms with Gasteiger partial charge in [-0.2, -0.15) is 10.2 Å². The second-order valence-corrected chi connectivity index (χ2v) is 7.83. The summed E-state index contributed by atoms with van der Waals surface area (Å²) in [7, 11) is 0. The van der Waals surface area contributed by atoms with Gasteiger partial charge in [0.15, 0.2) is 5.11 Å². The second-order valence-electron chi connectivity index (χ2n) is 7.01. The van der Waals surface area contributed by atoms with Crippen molar-refractivity contribution in [2.75, 3.05) is 10.6 Å². The zero-order valence-corrected chi connectivity index (χ0v) is 18.0. The summed E-state index contributed by atoms with van der Waals surface area (Å²) in [5, 5.41) is 16.3. The quantitative estimate of drug-likeness (QED) is 0.419. The van der Waals surface area contributed by atoms with E-state index in [1.807, 2.05) is 46.0 Å². The lowest BCUT2D eigenvalue weighted by Crippen LogP contribution is -2.18. The minimum Gasteiger partial charge on any atom is -0.330 e. The molecule has 0 radical (unpaired) electrons. The molecule has 0 saturated heterocycles. The predicted molar refractivity (Wildman–Crippen MR) is 125 cm³/mol. The number of aromatic nitrogens is 4. The van der Waals surface area contributed by atoms with Crippen LogP contribution in [0.4, 0.5) is 11.4 Å². The number of halogens is 1. The Hall–Kier alpha value is -3.16. The van der Waals surface area contributed by atoms with E-state index in [0.717, 1.165) is 22.0 Å². The maximum absolute atomic E-state index is 6.22. The van der Waals surface area contributed by atoms with Crippen LogP contribution in [0, 0.1) is 6.92 Å². The largest absolute Gasteiger partial charge is 0.330 e. The molecule has 8 heteroatoms. The molecule has 6 nitrogen and oxygen atoms in total. The van der Waals surface area contributed by atoms with Crippen LogP contribution >= 0.6 is 23.8 Å². The molecular weight excluding hydrogens is 416 g/mol. The maximum atomic E-state index is 6.22. The molecule has 2 aromatic heterocycles. The molecule has 2 aromatic carbocycles. The first-order chi connectivity index (χ1) is 14.5. The SMILES string of the molecule is Cc1cccc(Cn2cc(NC(=S)Nc3cnn(Cc4ccccc4Cl)c3)cn2)c1. The van der Waals surface area contributed by atoms with Crippen molar-refractivity contribution in [2.24, 2.45) is 0 Å². The van der Waals surface area contributed by atoms with Crippen molar-refractivity contribution in [3.8, 4) is 0 Å². The Bertz CT molecular complexity index is 1170. The fourth-order valence-electron chi connectivity index (χ4n) is 3.12. The number of hydrogen-bond donors (Lipinski definition) is 2. The zero-order valence-electron chi connectivity index (χ0n) is 16.4. The number of nitrogens with zero attached hydrogens (tertiary/aromatic N) is 4. The molecule has 152 valence electrons. The van der Waals surface area contributed by atoms with Crippen molar-refractivity contribution in [2.45, 2.75) is 20.0 Å². The highest BCUT2D eigenvalue weighted by atomic mass is 35.5. The normalized spacial score (nSPS) is 10.7. The molecule has 2 N–H and O–H groups in total. The first kappa shape index (κ1) is 20.1. The van der Waals surface area contributed by atoms with Gasteiger partial charge in [-0.1, -0.05) is 59.6 Å². The minimum atomic E-state index is 0.474. The fraction of sp³-hybridized carbons (Fsp3) is 0.136. The lowest BCUT2D eigenvalue weighted by molar-refractivity contribution is 0.686. The maximum Gasteiger partial charge on any atom is 0.175 e. The van der Waals surface area contributed by atoms with Gasteiger partial charge in [0.25, 0.3) is 0 Å². The number of hydrogen-bond acceptors (Lipinski definition) is 3. The van der Waals surface area contributed by atoms with E-state index in [9.17, 15) is 0 Å². The Labute approximate surface area is 185 Å². The van der Waals surface area contributed by atoms with Crippen molar-refractivity contribution in [1.29, 1.82) is 0 Å². The Morgan fingerprint density at radius 1 is 0.933 bits per heavy atom. The van der Waals surface area contributed by atoms with Crippen LogP contribution in [0.3, 0.4) is 0 Å². The summed E-state index contributed by atoms with van der Waals surface area (Å²) in [6.45, 7) is 3.38. The standard InChI is InChI=1S/C22H21ClN6S/c1-16-5-4-6-17(9-16)12-28-14-19(10-24-28)26-22(30)27-20-11-25-29(15-20)13-18-7-2-3-8-21(18)23/h2-11,14-15H,12-13H2,1H3,(H2,26,27,30). The number of aryl methyl sites for hydroxylation is 1. The van der Waals surface area contributed by atoms with E-state index in [0.29, 0.717) is 18.2 Å². The Balaban J connectivity index is 1.32. The molecule has 0 saturated carbocycles. The van der Waals surface area contributed by atoms with Gasteiger partial charge >= 0.3 is 0 Å². The number of thiocarbonyl (C=S) groups is 1. The molecule has 2 heterocycles. The van der Waals surface area contributed by atoms with E-state index in [-0.39, 0.29) is 0 Å². The molecule has 0 fully saturated rings. The van der Waals surface area contributed by atoms with E-state index >= 15 is 0 Å². The minimum absolute atomic E-state index is 0.474. The average Bonchev–Trinajstić information content (AvgIpc) is 3.33. The molecule has 0 aliphatic carbocycles. The lowest BCUT2D eigenvalue weighted by atomic mass is 10.1. The first-order valence-electron chi connectivity index (χ1n) is 9.47. The summed E-state index contributed by atoms with van der Waals surface area (Å²) in [6.07, 6.45) is 7.30. The highest BCUT2D eigenvalue weighted by Gasteiger charge is 2.06. The molecule has 0 unspecified atom stereocenters. The zero-order chi connectivity index (χ0) is 20.9. The second kappa shape index (κ2) is 9.11. The van der Waals surface area contributed by atoms with Crippen LogP contribution in [0.15, 0.2) is 73.3 Å². The fourth-order valence-corrected chi connectivity index (χ4v) is 3.55. The van der Waals surface area contributed by atoms with Crippen LogP contribution in [0.5, 0.6) is 0 Å². The molecular formula is C22H21ClN6S. The van der Waals surface area contributed by atoms with Gasteiger partial charge in [0.2, 0.25) is 0 Å². The van der Waals surface area contributed by atoms with E-state index in [2.05, 4.69) is 52.0 Å². The molecule has 0 spiro atoms. The molecule has 0 bridgehead atoms. The molecule has 4 rings (SSSR count). The summed E-state index contributed by atoms with van der Waals surface area (Å²) in [5.74, 6) is 0. The van der Waals surface area contributed by atoms with E-state index in [4.69, 9.17) is 23.8 Å². The third kappa shape index (κ3) is 5.25. The van der Waals surface area contributed by atoms with Gasteiger partial charge in [-0.15, -0.1) is 0 Å². The Morgan fingerprint density at radius 2 is 1.60 bits per heavy atom. The third-order valence-corrected chi connectivity index (χ3v) is 5.07. The molecule has 0 atom stereocenters. The summed E-state index contributed by atoms with van der Waals surface area (Å²) < 4.78 is 3.69. The molecule has 30 heavy (non-hydrogen) atoms. The van der Waals surface area contributed by atoms with Crippen LogP contribution in [0.1, 0.15) is 16.7 Å². The number of rotatable bonds is 6. The smallest absolute Gasteiger partial charge is 0.175 e. The summed E-state index contributed by atoms with van der Waals surface area (Å²) in [4.78, 5) is 0. The summed E-state index contributed by atoms with van der Waals surface area (Å²) in [6, 6.07) is 16.1. The van der Waals surface area contributed by atoms with Gasteiger partial charge < -0.3 is 10.6 Å². The van der Waals surface area contributed by atoms with Crippen molar-refractivity contribution in [3.63, 3.8) is 0 Å². The Kier molecular flexibility index (Phi) is 6.11. The third-order valence-electron chi connectivity index (χ3n) is 4.50. The first-order valence-corrected chi connectivity index (χ1v) is 10.3. The van der Waals surface area contributed by atoms with Crippen molar-refractivity contribution >= 4 is 40.3 Å². The van der Waals surface area contributed by atoms with Crippen molar-refractivity contribution in [3.05, 3.63) is 95.0 Å². The van der Waals surface area contributed by atoms with E-state index in [1.54, 1.807) is 12.4 Å². The van der Waals surface area contributed by atoms with Crippen molar-refractivity contribution in [1.82, 2.24) is 19.6 Å². The van der Waals surface area contributed by atoms with Gasteiger partial charge in [-0.05, 0) is 36.3 Å². The Morgan fingerprint density at radius 3 is 2.27 bits per heavy atom. The van der Waals surface area contributed by atoms with E-state index < -0.39 is 0 Å². The number of nitrogens with one attached hydrogen (secondary N) is 2. The van der Waals surface area contributed by atoms with Crippen LogP contribution in [0.2, 0.25) is 5.02 Å². The average molecular weight is 437 g/mol. The van der Waals surface area contributed by atoms with Gasteiger partial charge in [0.05, 0.1) is 36.9 Å². The van der Waals surface area contributed by atoms with E-state index in [1.165, 1.54) is 11.1 Å². The predicted octanol–water partition coefficient (Wildman–Crippen LogP) is 4.95. The summed E-state index contributed by atoms with van der Waals surface area (Å²) >= 11 is 11.6. The highest BCUT2D eigenvalue weighted by Crippen LogP contribution is 2.17. The van der Waals surface area contributed by atoms with Gasteiger partial charge in [0, 0.05) is 17.4 Å². The molecule has 0 aliphatic rings. The molecule has 0 amide bonds. The van der Waals surface area contributed by atoms with Crippen molar-refractivity contribution < 1.29 is 0 Å². The van der Waals surface area contributed by atoms with Crippen LogP contribution in [-0.2, 0) is 13.1 Å². The van der Waals surface area contributed by atoms with Crippen LogP contribution in [0.25, 0.3) is 0 Å². The highest BCUT2D eigenvalue weighted by molar-refractivity contribution is 7.80. The lowest BCUT2D eigenvalue weighted by Gasteiger charge is -2.07. The summed E-state index contributed by atoms with van der Waals surface area (Å²) in [5.41, 5.74) is 5.07. The van der Waals surface area contributed by atoms with Crippen LogP contribution < -0.4 is 10.6 Å². The van der Waals surface area contributed by atoms with Gasteiger partial charge in [-0.3, -0.25) is 9.36 Å². The number of anilines is 2.